The minimum atomic E-state index is -0.465. The summed E-state index contributed by atoms with van der Waals surface area (Å²) in [7, 11) is 3.45. The molecule has 5 aromatic heterocycles. The van der Waals surface area contributed by atoms with E-state index >= 15 is 0 Å². The molecular formula is C68H70FN19O4. The molecule has 0 atom stereocenters. The molecule has 0 unspecified atom stereocenters. The van der Waals surface area contributed by atoms with Gasteiger partial charge >= 0.3 is 18.1 Å². The van der Waals surface area contributed by atoms with E-state index in [1.54, 1.807) is 104 Å². The Kier molecular flexibility index (Phi) is 22.2. The van der Waals surface area contributed by atoms with E-state index in [1.807, 2.05) is 64.2 Å². The van der Waals surface area contributed by atoms with Crippen molar-refractivity contribution in [3.63, 3.8) is 0 Å². The van der Waals surface area contributed by atoms with Gasteiger partial charge in [0.15, 0.2) is 5.82 Å². The number of benzene rings is 4. The van der Waals surface area contributed by atoms with E-state index in [0.717, 1.165) is 41.9 Å². The molecule has 1 aliphatic heterocycles. The highest BCUT2D eigenvalue weighted by molar-refractivity contribution is 6.01. The van der Waals surface area contributed by atoms with Gasteiger partial charge < -0.3 is 47.5 Å². The van der Waals surface area contributed by atoms with E-state index in [-0.39, 0.29) is 29.4 Å². The van der Waals surface area contributed by atoms with E-state index in [4.69, 9.17) is 16.0 Å². The molecule has 468 valence electrons. The van der Waals surface area contributed by atoms with Gasteiger partial charge in [-0.2, -0.15) is 5.10 Å². The van der Waals surface area contributed by atoms with Crippen LogP contribution in [0.3, 0.4) is 0 Å². The number of anilines is 9. The summed E-state index contributed by atoms with van der Waals surface area (Å²) in [6.45, 7) is 10.4. The third-order valence-corrected chi connectivity index (χ3v) is 13.9. The van der Waals surface area contributed by atoms with Gasteiger partial charge in [-0.3, -0.25) is 14.9 Å². The maximum absolute atomic E-state index is 13.3. The summed E-state index contributed by atoms with van der Waals surface area (Å²) in [6, 6.07) is 29.9. The number of nitrogens with two attached hydrogens (primary N) is 2. The van der Waals surface area contributed by atoms with Crippen LogP contribution in [0.15, 0.2) is 151 Å². The van der Waals surface area contributed by atoms with Crippen LogP contribution in [0.2, 0.25) is 0 Å². The van der Waals surface area contributed by atoms with Crippen LogP contribution in [0.4, 0.5) is 71.0 Å². The van der Waals surface area contributed by atoms with Crippen molar-refractivity contribution in [2.24, 2.45) is 7.05 Å². The van der Waals surface area contributed by atoms with Gasteiger partial charge in [-0.15, -0.1) is 0 Å². The average Bonchev–Trinajstić information content (AvgIpc) is 3.20. The molecule has 2 fully saturated rings. The molecule has 23 nitrogen and oxygen atoms in total. The molecule has 9 aromatic rings. The van der Waals surface area contributed by atoms with Gasteiger partial charge in [-0.1, -0.05) is 86.1 Å². The van der Waals surface area contributed by atoms with Gasteiger partial charge in [0, 0.05) is 121 Å². The number of amides is 6. The third kappa shape index (κ3) is 20.7. The third-order valence-electron chi connectivity index (χ3n) is 13.9. The van der Waals surface area contributed by atoms with Crippen LogP contribution in [0.5, 0.6) is 0 Å². The number of urea groups is 3. The molecule has 92 heavy (non-hydrogen) atoms. The van der Waals surface area contributed by atoms with Crippen molar-refractivity contribution < 1.29 is 23.3 Å². The summed E-state index contributed by atoms with van der Waals surface area (Å²) in [6.07, 6.45) is 17.0. The van der Waals surface area contributed by atoms with Crippen LogP contribution in [0.1, 0.15) is 110 Å². The molecule has 0 radical (unpaired) electrons. The molecule has 1 aliphatic carbocycles. The number of piperidine rings is 1. The van der Waals surface area contributed by atoms with Crippen LogP contribution in [0, 0.1) is 41.3 Å². The Morgan fingerprint density at radius 3 is 1.65 bits per heavy atom. The summed E-state index contributed by atoms with van der Waals surface area (Å²) in [4.78, 5) is 65.2. The van der Waals surface area contributed by atoms with Crippen molar-refractivity contribution in [1.29, 1.82) is 0 Å². The fourth-order valence-corrected chi connectivity index (χ4v) is 8.81. The monoisotopic (exact) mass is 1240 g/mol. The van der Waals surface area contributed by atoms with Crippen LogP contribution in [0.25, 0.3) is 0 Å². The second-order valence-corrected chi connectivity index (χ2v) is 22.4. The molecule has 0 spiro atoms. The van der Waals surface area contributed by atoms with Crippen LogP contribution in [-0.2, 0) is 12.5 Å². The molecular weight excluding hydrogens is 1170 g/mol. The zero-order chi connectivity index (χ0) is 64.8. The largest absolute Gasteiger partial charge is 0.368 e. The van der Waals surface area contributed by atoms with E-state index in [2.05, 4.69) is 112 Å². The predicted octanol–water partition coefficient (Wildman–Crippen LogP) is 11.1. The molecule has 1 saturated heterocycles. The number of nitrogen functional groups attached to an aromatic ring is 2. The van der Waals surface area contributed by atoms with Crippen molar-refractivity contribution in [2.75, 3.05) is 81.5 Å². The van der Waals surface area contributed by atoms with E-state index < -0.39 is 11.8 Å². The number of rotatable bonds is 12. The van der Waals surface area contributed by atoms with Gasteiger partial charge in [0.05, 0.1) is 22.4 Å². The smallest absolute Gasteiger partial charge is 0.327 e. The Balaban J connectivity index is 0.000000164. The number of likely N-dealkylation sites (tertiary alicyclic amines) is 1. The average molecular weight is 1240 g/mol. The molecule has 6 heterocycles. The molecule has 0 bridgehead atoms. The summed E-state index contributed by atoms with van der Waals surface area (Å²) in [5.74, 6) is 21.0. The Labute approximate surface area is 532 Å². The number of nitrogens with zero attached hydrogens (tertiary/aromatic N) is 11. The number of carbonyl (C=O) groups excluding carboxylic acids is 3. The van der Waals surface area contributed by atoms with Gasteiger partial charge in [0.1, 0.15) is 17.4 Å². The fourth-order valence-electron chi connectivity index (χ4n) is 8.81. The molecule has 11 rings (SSSR count). The predicted molar refractivity (Wildman–Crippen MR) is 355 cm³/mol. The lowest BCUT2D eigenvalue weighted by Crippen LogP contribution is -2.31. The second kappa shape index (κ2) is 31.5. The summed E-state index contributed by atoms with van der Waals surface area (Å²) < 4.78 is 20.3. The van der Waals surface area contributed by atoms with E-state index in [0.29, 0.717) is 68.7 Å². The van der Waals surface area contributed by atoms with Crippen LogP contribution in [-0.4, -0.2) is 101 Å². The highest BCUT2D eigenvalue weighted by Crippen LogP contribution is 2.40. The molecule has 10 N–H and O–H groups in total. The SMILES string of the molecule is CN(C(=O)Nc1ccc(C#Cc2cnc(N)nc2)cc1)c1cc(C(C)(C)C)on1.Cn1nc(C2CC2)cc1NC(=O)Nc1cccc(C#Cc2cnc(N)nc2)c1.O=C(Nc1cccc(F)c1)Nc1cccc(C#Cc2cnc(NCCCN3CCCCC3)nc2)c1. The quantitative estimate of drug-likeness (QED) is 0.0416. The van der Waals surface area contributed by atoms with Gasteiger partial charge in [0.25, 0.3) is 0 Å². The van der Waals surface area contributed by atoms with Gasteiger partial charge in [-0.25, -0.2) is 48.7 Å². The van der Waals surface area contributed by atoms with Gasteiger partial charge in [0.2, 0.25) is 17.8 Å². The lowest BCUT2D eigenvalue weighted by molar-refractivity contribution is 0.228. The summed E-state index contributed by atoms with van der Waals surface area (Å²) >= 11 is 0. The van der Waals surface area contributed by atoms with Crippen molar-refractivity contribution in [1.82, 2.24) is 49.7 Å². The molecule has 4 aromatic carbocycles. The first kappa shape index (κ1) is 64.8. The Morgan fingerprint density at radius 1 is 0.609 bits per heavy atom. The number of aromatic nitrogens is 9. The Bertz CT molecular complexity index is 4160. The minimum absolute atomic E-state index is 0.183. The zero-order valence-electron chi connectivity index (χ0n) is 51.6. The zero-order valence-corrected chi connectivity index (χ0v) is 51.6. The van der Waals surface area contributed by atoms with Gasteiger partial charge in [-0.05, 0) is 131 Å². The summed E-state index contributed by atoms with van der Waals surface area (Å²) in [5, 5.41) is 25.5. The Morgan fingerprint density at radius 2 is 1.12 bits per heavy atom. The highest BCUT2D eigenvalue weighted by atomic mass is 19.1. The lowest BCUT2D eigenvalue weighted by Gasteiger charge is -2.26. The van der Waals surface area contributed by atoms with Crippen LogP contribution < -0.4 is 48.3 Å². The fraction of sp³-hybridized carbons (Fsp3) is 0.250. The Hall–Kier alpha value is -11.7. The number of nitrogens with one attached hydrogen (secondary N) is 6. The molecule has 24 heteroatoms. The number of halogens is 1. The number of carbonyl (C=O) groups is 3. The van der Waals surface area contributed by atoms with Crippen molar-refractivity contribution in [2.45, 2.75) is 70.6 Å². The van der Waals surface area contributed by atoms with Crippen LogP contribution >= 0.6 is 0 Å². The second-order valence-electron chi connectivity index (χ2n) is 22.4. The lowest BCUT2D eigenvalue weighted by atomic mass is 9.93. The minimum Gasteiger partial charge on any atom is -0.368 e. The first-order valence-corrected chi connectivity index (χ1v) is 29.7. The molecule has 1 saturated carbocycles. The normalized spacial score (nSPS) is 12.4. The van der Waals surface area contributed by atoms with E-state index in [1.165, 1.54) is 68.3 Å². The van der Waals surface area contributed by atoms with Crippen molar-refractivity contribution >= 4 is 70.3 Å². The molecule has 6 amide bonds. The first-order chi connectivity index (χ1) is 44.4. The van der Waals surface area contributed by atoms with E-state index in [9.17, 15) is 18.8 Å². The number of hydrogen-bond acceptors (Lipinski definition) is 16. The first-order valence-electron chi connectivity index (χ1n) is 29.7. The summed E-state index contributed by atoms with van der Waals surface area (Å²) in [5.41, 5.74) is 18.3. The maximum Gasteiger partial charge on any atom is 0.327 e. The molecule has 2 aliphatic rings. The highest BCUT2D eigenvalue weighted by Gasteiger charge is 2.27. The number of hydrogen-bond donors (Lipinski definition) is 8. The van der Waals surface area contributed by atoms with Crippen molar-refractivity contribution in [3.05, 3.63) is 197 Å². The topological polar surface area (TPSA) is 303 Å². The maximum atomic E-state index is 13.3. The standard InChI is InChI=1S/C27H29FN6O.C21H22N6O2.C20H19N7O/c28-23-8-5-10-25(18-23)33-27(35)32-24-9-4-7-21(17-24)11-12-22-19-30-26(31-20-22)29-13-6-16-34-14-2-1-3-15-34;1-21(2,3)17-11-18(26-29-17)27(4)20(28)25-16-9-7-14(8-10-16)5-6-15-12-23-19(22)24-13-15;1-27-18(10-17(26-27)15-7-8-15)25-20(28)24-16-4-2-3-13(9-16)5-6-14-11-22-19(21)23-12-14/h4-5,7-10,17-20H,1-3,6,13-16H2,(H,29,30,31)(H2,32,33,35);7-13H,1-4H3,(H,25,28)(H2,22,23,24);2-4,9-12,15H,7-8H2,1H3,(H2,21,22,23)(H2,24,25,28). The number of aryl methyl sites for hydroxylation is 1. The van der Waals surface area contributed by atoms with Crippen molar-refractivity contribution in [3.8, 4) is 35.5 Å².